The summed E-state index contributed by atoms with van der Waals surface area (Å²) in [5, 5.41) is 0. The first-order valence-corrected chi connectivity index (χ1v) is 7.09. The fourth-order valence-electron chi connectivity index (χ4n) is 1.89. The van der Waals surface area contributed by atoms with Crippen LogP contribution >= 0.6 is 15.9 Å². The molecule has 0 radical (unpaired) electrons. The number of aryl methyl sites for hydroxylation is 2. The van der Waals surface area contributed by atoms with Crippen LogP contribution in [-0.2, 0) is 0 Å². The van der Waals surface area contributed by atoms with E-state index in [1.807, 2.05) is 25.1 Å². The maximum Gasteiger partial charge on any atom is 0.136 e. The van der Waals surface area contributed by atoms with Gasteiger partial charge in [-0.3, -0.25) is 0 Å². The van der Waals surface area contributed by atoms with Crippen LogP contribution in [0.15, 0.2) is 46.9 Å². The van der Waals surface area contributed by atoms with Crippen molar-refractivity contribution in [3.05, 3.63) is 63.6 Å². The molecule has 0 amide bonds. The molecule has 2 aromatic rings. The van der Waals surface area contributed by atoms with Crippen molar-refractivity contribution in [1.29, 1.82) is 0 Å². The second-order valence-electron chi connectivity index (χ2n) is 4.66. The van der Waals surface area contributed by atoms with Gasteiger partial charge >= 0.3 is 0 Å². The van der Waals surface area contributed by atoms with E-state index in [1.165, 1.54) is 5.56 Å². The molecule has 3 heteroatoms. The van der Waals surface area contributed by atoms with Crippen LogP contribution in [0.25, 0.3) is 0 Å². The Morgan fingerprint density at radius 1 is 1.11 bits per heavy atom. The predicted octanol–water partition coefficient (Wildman–Crippen LogP) is 4.14. The molecule has 0 aliphatic carbocycles. The van der Waals surface area contributed by atoms with Gasteiger partial charge in [-0.15, -0.1) is 0 Å². The maximum atomic E-state index is 6.05. The Balaban J connectivity index is 2.23. The van der Waals surface area contributed by atoms with Crippen LogP contribution in [0.2, 0.25) is 0 Å². The van der Waals surface area contributed by atoms with Crippen LogP contribution in [0.5, 0.6) is 5.75 Å². The van der Waals surface area contributed by atoms with E-state index < -0.39 is 0 Å². The Morgan fingerprint density at radius 2 is 1.79 bits per heavy atom. The molecule has 0 spiro atoms. The highest BCUT2D eigenvalue weighted by Gasteiger charge is 2.12. The fraction of sp³-hybridized carbons (Fsp3) is 0.250. The molecule has 2 aromatic carbocycles. The standard InChI is InChI=1S/C16H18BrNO/c1-11-3-6-13(7-4-11)16(10-18)19-15-9-14(17)8-5-12(15)2/h3-9,16H,10,18H2,1-2H3. The van der Waals surface area contributed by atoms with Crippen molar-refractivity contribution in [2.75, 3.05) is 6.54 Å². The van der Waals surface area contributed by atoms with Crippen LogP contribution in [0.3, 0.4) is 0 Å². The van der Waals surface area contributed by atoms with Crippen molar-refractivity contribution in [3.63, 3.8) is 0 Å². The molecule has 19 heavy (non-hydrogen) atoms. The molecule has 0 aliphatic rings. The Morgan fingerprint density at radius 3 is 2.42 bits per heavy atom. The van der Waals surface area contributed by atoms with E-state index in [1.54, 1.807) is 0 Å². The van der Waals surface area contributed by atoms with E-state index in [2.05, 4.69) is 47.1 Å². The number of ether oxygens (including phenoxy) is 1. The summed E-state index contributed by atoms with van der Waals surface area (Å²) in [5.74, 6) is 0.866. The first-order valence-electron chi connectivity index (χ1n) is 6.29. The van der Waals surface area contributed by atoms with Gasteiger partial charge < -0.3 is 10.5 Å². The summed E-state index contributed by atoms with van der Waals surface area (Å²) < 4.78 is 7.05. The average Bonchev–Trinajstić information content (AvgIpc) is 2.41. The smallest absolute Gasteiger partial charge is 0.136 e. The zero-order valence-electron chi connectivity index (χ0n) is 11.2. The SMILES string of the molecule is Cc1ccc(C(CN)Oc2cc(Br)ccc2C)cc1. The van der Waals surface area contributed by atoms with Gasteiger partial charge in [-0.05, 0) is 37.1 Å². The van der Waals surface area contributed by atoms with Gasteiger partial charge in [-0.25, -0.2) is 0 Å². The van der Waals surface area contributed by atoms with Gasteiger partial charge in [0.25, 0.3) is 0 Å². The highest BCUT2D eigenvalue weighted by atomic mass is 79.9. The average molecular weight is 320 g/mol. The Kier molecular flexibility index (Phi) is 4.61. The summed E-state index contributed by atoms with van der Waals surface area (Å²) in [7, 11) is 0. The van der Waals surface area contributed by atoms with Crippen LogP contribution in [0.1, 0.15) is 22.8 Å². The lowest BCUT2D eigenvalue weighted by Gasteiger charge is -2.19. The lowest BCUT2D eigenvalue weighted by Crippen LogP contribution is -2.18. The molecule has 0 bridgehead atoms. The largest absolute Gasteiger partial charge is 0.484 e. The van der Waals surface area contributed by atoms with Gasteiger partial charge in [0.15, 0.2) is 0 Å². The molecule has 100 valence electrons. The van der Waals surface area contributed by atoms with Crippen molar-refractivity contribution in [3.8, 4) is 5.75 Å². The van der Waals surface area contributed by atoms with Gasteiger partial charge in [0, 0.05) is 11.0 Å². The zero-order chi connectivity index (χ0) is 13.8. The second kappa shape index (κ2) is 6.22. The van der Waals surface area contributed by atoms with Crippen molar-refractivity contribution in [2.45, 2.75) is 20.0 Å². The normalized spacial score (nSPS) is 12.2. The van der Waals surface area contributed by atoms with E-state index in [0.29, 0.717) is 6.54 Å². The molecule has 0 saturated carbocycles. The number of hydrogen-bond acceptors (Lipinski definition) is 2. The van der Waals surface area contributed by atoms with E-state index in [9.17, 15) is 0 Å². The fourth-order valence-corrected chi connectivity index (χ4v) is 2.23. The Labute approximate surface area is 122 Å². The summed E-state index contributed by atoms with van der Waals surface area (Å²) >= 11 is 3.46. The first-order chi connectivity index (χ1) is 9.10. The summed E-state index contributed by atoms with van der Waals surface area (Å²) in [6, 6.07) is 14.3. The van der Waals surface area contributed by atoms with Gasteiger partial charge in [-0.2, -0.15) is 0 Å². The molecule has 2 rings (SSSR count). The van der Waals surface area contributed by atoms with Crippen molar-refractivity contribution >= 4 is 15.9 Å². The third-order valence-corrected chi connectivity index (χ3v) is 3.58. The molecule has 1 atom stereocenters. The number of halogens is 1. The maximum absolute atomic E-state index is 6.05. The molecule has 2 nitrogen and oxygen atoms in total. The molecule has 0 aromatic heterocycles. The van der Waals surface area contributed by atoms with Crippen LogP contribution in [0.4, 0.5) is 0 Å². The molecule has 0 heterocycles. The molecule has 2 N–H and O–H groups in total. The highest BCUT2D eigenvalue weighted by molar-refractivity contribution is 9.10. The molecular formula is C16H18BrNO. The summed E-state index contributed by atoms with van der Waals surface area (Å²) in [6.07, 6.45) is -0.117. The van der Waals surface area contributed by atoms with E-state index in [4.69, 9.17) is 10.5 Å². The highest BCUT2D eigenvalue weighted by Crippen LogP contribution is 2.27. The van der Waals surface area contributed by atoms with Gasteiger partial charge in [0.1, 0.15) is 11.9 Å². The quantitative estimate of drug-likeness (QED) is 0.919. The monoisotopic (exact) mass is 319 g/mol. The summed E-state index contributed by atoms with van der Waals surface area (Å²) in [6.45, 7) is 4.56. The first kappa shape index (κ1) is 14.1. The van der Waals surface area contributed by atoms with Gasteiger partial charge in [0.2, 0.25) is 0 Å². The minimum atomic E-state index is -0.117. The lowest BCUT2D eigenvalue weighted by atomic mass is 10.1. The van der Waals surface area contributed by atoms with Gasteiger partial charge in [0.05, 0.1) is 0 Å². The molecule has 0 fully saturated rings. The number of benzene rings is 2. The van der Waals surface area contributed by atoms with Crippen molar-refractivity contribution in [2.24, 2.45) is 5.73 Å². The predicted molar refractivity (Wildman–Crippen MR) is 82.5 cm³/mol. The van der Waals surface area contributed by atoms with Crippen molar-refractivity contribution in [1.82, 2.24) is 0 Å². The van der Waals surface area contributed by atoms with E-state index >= 15 is 0 Å². The topological polar surface area (TPSA) is 35.2 Å². The summed E-state index contributed by atoms with van der Waals surface area (Å²) in [5.41, 5.74) is 9.29. The van der Waals surface area contributed by atoms with Crippen LogP contribution in [0, 0.1) is 13.8 Å². The van der Waals surface area contributed by atoms with E-state index in [-0.39, 0.29) is 6.10 Å². The van der Waals surface area contributed by atoms with Crippen LogP contribution < -0.4 is 10.5 Å². The Bertz CT molecular complexity index is 551. The second-order valence-corrected chi connectivity index (χ2v) is 5.58. The zero-order valence-corrected chi connectivity index (χ0v) is 12.8. The van der Waals surface area contributed by atoms with Gasteiger partial charge in [-0.1, -0.05) is 51.8 Å². The molecule has 0 saturated heterocycles. The molecular weight excluding hydrogens is 302 g/mol. The minimum Gasteiger partial charge on any atom is -0.484 e. The van der Waals surface area contributed by atoms with Crippen LogP contribution in [-0.4, -0.2) is 6.54 Å². The summed E-state index contributed by atoms with van der Waals surface area (Å²) in [4.78, 5) is 0. The Hall–Kier alpha value is -1.32. The minimum absolute atomic E-state index is 0.117. The lowest BCUT2D eigenvalue weighted by molar-refractivity contribution is 0.212. The number of hydrogen-bond donors (Lipinski definition) is 1. The number of nitrogens with two attached hydrogens (primary N) is 1. The van der Waals surface area contributed by atoms with E-state index in [0.717, 1.165) is 21.3 Å². The van der Waals surface area contributed by atoms with Crippen molar-refractivity contribution < 1.29 is 4.74 Å². The third-order valence-electron chi connectivity index (χ3n) is 3.08. The molecule has 1 unspecified atom stereocenters. The molecule has 0 aliphatic heterocycles. The number of rotatable bonds is 4. The third kappa shape index (κ3) is 3.58.